The maximum Gasteiger partial charge on any atom is 0.256 e. The Kier molecular flexibility index (Phi) is 3.21. The zero-order valence-corrected chi connectivity index (χ0v) is 11.6. The molecule has 3 rings (SSSR count). The Balaban J connectivity index is 1.88. The average Bonchev–Trinajstić information content (AvgIpc) is 2.89. The van der Waals surface area contributed by atoms with Gasteiger partial charge in [-0.2, -0.15) is 0 Å². The number of hydrogen-bond donors (Lipinski definition) is 1. The smallest absolute Gasteiger partial charge is 0.256 e. The number of nitrogens with zero attached hydrogens (tertiary/aromatic N) is 1. The monoisotopic (exact) mass is 258 g/mol. The highest BCUT2D eigenvalue weighted by Gasteiger charge is 2.37. The Bertz CT molecular complexity index is 498. The van der Waals surface area contributed by atoms with E-state index in [4.69, 9.17) is 5.73 Å². The molecule has 3 nitrogen and oxygen atoms in total. The molecule has 1 aliphatic carbocycles. The Morgan fingerprint density at radius 3 is 2.89 bits per heavy atom. The largest absolute Gasteiger partial charge is 0.398 e. The van der Waals surface area contributed by atoms with Crippen molar-refractivity contribution in [2.75, 3.05) is 12.3 Å². The van der Waals surface area contributed by atoms with Crippen LogP contribution in [0, 0.1) is 12.8 Å². The van der Waals surface area contributed by atoms with Crippen LogP contribution in [0.1, 0.15) is 48.0 Å². The van der Waals surface area contributed by atoms with Gasteiger partial charge in [0.2, 0.25) is 0 Å². The minimum Gasteiger partial charge on any atom is -0.398 e. The second-order valence-corrected chi connectivity index (χ2v) is 5.94. The van der Waals surface area contributed by atoms with Crippen LogP contribution < -0.4 is 5.73 Å². The van der Waals surface area contributed by atoms with Gasteiger partial charge in [-0.1, -0.05) is 18.6 Å². The van der Waals surface area contributed by atoms with Crippen LogP contribution >= 0.6 is 0 Å². The fourth-order valence-corrected chi connectivity index (χ4v) is 3.73. The zero-order chi connectivity index (χ0) is 13.4. The van der Waals surface area contributed by atoms with Crippen molar-refractivity contribution in [2.24, 2.45) is 5.92 Å². The van der Waals surface area contributed by atoms with E-state index in [9.17, 15) is 4.79 Å². The van der Waals surface area contributed by atoms with Gasteiger partial charge >= 0.3 is 0 Å². The molecule has 1 amide bonds. The van der Waals surface area contributed by atoms with Crippen molar-refractivity contribution >= 4 is 11.6 Å². The fraction of sp³-hybridized carbons (Fsp3) is 0.562. The molecule has 1 saturated heterocycles. The van der Waals surface area contributed by atoms with Crippen molar-refractivity contribution in [3.8, 4) is 0 Å². The third-order valence-electron chi connectivity index (χ3n) is 4.81. The summed E-state index contributed by atoms with van der Waals surface area (Å²) in [6, 6.07) is 6.21. The number of nitrogen functional groups attached to an aromatic ring is 1. The van der Waals surface area contributed by atoms with Gasteiger partial charge < -0.3 is 10.6 Å². The predicted molar refractivity (Wildman–Crippen MR) is 77.0 cm³/mol. The topological polar surface area (TPSA) is 46.3 Å². The Morgan fingerprint density at radius 2 is 2.05 bits per heavy atom. The molecule has 1 heterocycles. The van der Waals surface area contributed by atoms with E-state index in [1.54, 1.807) is 0 Å². The summed E-state index contributed by atoms with van der Waals surface area (Å²) >= 11 is 0. The van der Waals surface area contributed by atoms with Crippen LogP contribution in [-0.4, -0.2) is 23.4 Å². The molecule has 102 valence electrons. The van der Waals surface area contributed by atoms with Crippen molar-refractivity contribution in [1.82, 2.24) is 4.90 Å². The molecule has 1 aromatic rings. The third-order valence-corrected chi connectivity index (χ3v) is 4.81. The number of aryl methyl sites for hydroxylation is 1. The molecule has 2 unspecified atom stereocenters. The molecule has 1 aliphatic heterocycles. The van der Waals surface area contributed by atoms with Crippen LogP contribution in [0.5, 0.6) is 0 Å². The lowest BCUT2D eigenvalue weighted by Crippen LogP contribution is -2.46. The highest BCUT2D eigenvalue weighted by molar-refractivity contribution is 6.00. The summed E-state index contributed by atoms with van der Waals surface area (Å²) < 4.78 is 0. The van der Waals surface area contributed by atoms with Crippen LogP contribution in [0.3, 0.4) is 0 Å². The van der Waals surface area contributed by atoms with Gasteiger partial charge in [0.05, 0.1) is 5.56 Å². The van der Waals surface area contributed by atoms with Crippen LogP contribution in [0.2, 0.25) is 0 Å². The van der Waals surface area contributed by atoms with Crippen molar-refractivity contribution in [3.63, 3.8) is 0 Å². The second-order valence-electron chi connectivity index (χ2n) is 5.94. The number of fused-ring (bicyclic) bond motifs is 1. The SMILES string of the molecule is Cc1cccc(C(=O)N2CCCC3CCCC32)c1N. The van der Waals surface area contributed by atoms with E-state index >= 15 is 0 Å². The molecule has 19 heavy (non-hydrogen) atoms. The summed E-state index contributed by atoms with van der Waals surface area (Å²) in [5.74, 6) is 0.863. The van der Waals surface area contributed by atoms with E-state index in [0.717, 1.165) is 24.4 Å². The van der Waals surface area contributed by atoms with E-state index in [1.165, 1.54) is 25.7 Å². The summed E-state index contributed by atoms with van der Waals surface area (Å²) in [6.07, 6.45) is 6.15. The number of nitrogens with two attached hydrogens (primary N) is 1. The number of anilines is 1. The van der Waals surface area contributed by atoms with E-state index in [0.29, 0.717) is 17.3 Å². The van der Waals surface area contributed by atoms with Crippen LogP contribution in [0.4, 0.5) is 5.69 Å². The molecular formula is C16H22N2O. The number of piperidine rings is 1. The highest BCUT2D eigenvalue weighted by Crippen LogP contribution is 2.37. The minimum atomic E-state index is 0.137. The van der Waals surface area contributed by atoms with Gasteiger partial charge in [-0.3, -0.25) is 4.79 Å². The summed E-state index contributed by atoms with van der Waals surface area (Å²) in [5.41, 5.74) is 8.40. The number of amides is 1. The third kappa shape index (κ3) is 2.11. The molecule has 3 heteroatoms. The van der Waals surface area contributed by atoms with Crippen molar-refractivity contribution < 1.29 is 4.79 Å². The zero-order valence-electron chi connectivity index (χ0n) is 11.6. The minimum absolute atomic E-state index is 0.137. The van der Waals surface area contributed by atoms with Crippen LogP contribution in [0.25, 0.3) is 0 Å². The number of rotatable bonds is 1. The predicted octanol–water partition coefficient (Wildman–Crippen LogP) is 2.98. The molecule has 2 N–H and O–H groups in total. The molecule has 1 saturated carbocycles. The van der Waals surface area contributed by atoms with Crippen molar-refractivity contribution in [2.45, 2.75) is 45.1 Å². The Labute approximate surface area is 114 Å². The first-order valence-electron chi connectivity index (χ1n) is 7.34. The second kappa shape index (κ2) is 4.87. The fourth-order valence-electron chi connectivity index (χ4n) is 3.73. The molecule has 0 bridgehead atoms. The number of carbonyl (C=O) groups is 1. The van der Waals surface area contributed by atoms with E-state index in [2.05, 4.69) is 4.90 Å². The molecule has 2 atom stereocenters. The quantitative estimate of drug-likeness (QED) is 0.787. The first-order valence-corrected chi connectivity index (χ1v) is 7.34. The molecule has 0 aromatic heterocycles. The van der Waals surface area contributed by atoms with Gasteiger partial charge in [-0.25, -0.2) is 0 Å². The van der Waals surface area contributed by atoms with E-state index in [1.807, 2.05) is 25.1 Å². The number of carbonyl (C=O) groups excluding carboxylic acids is 1. The number of hydrogen-bond acceptors (Lipinski definition) is 2. The van der Waals surface area contributed by atoms with Gasteiger partial charge in [0.1, 0.15) is 0 Å². The summed E-state index contributed by atoms with van der Waals surface area (Å²) in [6.45, 7) is 2.86. The number of likely N-dealkylation sites (tertiary alicyclic amines) is 1. The molecule has 2 aliphatic rings. The first-order chi connectivity index (χ1) is 9.18. The molecule has 1 aromatic carbocycles. The summed E-state index contributed by atoms with van der Waals surface area (Å²) in [5, 5.41) is 0. The maximum absolute atomic E-state index is 12.8. The lowest BCUT2D eigenvalue weighted by Gasteiger charge is -2.38. The Morgan fingerprint density at radius 1 is 1.26 bits per heavy atom. The Hall–Kier alpha value is -1.51. The highest BCUT2D eigenvalue weighted by atomic mass is 16.2. The molecule has 0 radical (unpaired) electrons. The number of benzene rings is 1. The van der Waals surface area contributed by atoms with Gasteiger partial charge in [-0.15, -0.1) is 0 Å². The molecule has 0 spiro atoms. The lowest BCUT2D eigenvalue weighted by molar-refractivity contribution is 0.0549. The van der Waals surface area contributed by atoms with Crippen LogP contribution in [0.15, 0.2) is 18.2 Å². The standard InChI is InChI=1S/C16H22N2O/c1-11-5-2-8-13(15(11)17)16(19)18-10-4-7-12-6-3-9-14(12)18/h2,5,8,12,14H,3-4,6-7,9-10,17H2,1H3. The first kappa shape index (κ1) is 12.5. The molecular weight excluding hydrogens is 236 g/mol. The maximum atomic E-state index is 12.8. The van der Waals surface area contributed by atoms with Gasteiger partial charge in [0.25, 0.3) is 5.91 Å². The summed E-state index contributed by atoms with van der Waals surface area (Å²) in [4.78, 5) is 14.9. The van der Waals surface area contributed by atoms with E-state index < -0.39 is 0 Å². The normalized spacial score (nSPS) is 26.3. The molecule has 2 fully saturated rings. The van der Waals surface area contributed by atoms with Crippen LogP contribution in [-0.2, 0) is 0 Å². The average molecular weight is 258 g/mol. The lowest BCUT2D eigenvalue weighted by atomic mass is 9.91. The van der Waals surface area contributed by atoms with Gasteiger partial charge in [-0.05, 0) is 50.2 Å². The number of para-hydroxylation sites is 1. The van der Waals surface area contributed by atoms with Gasteiger partial charge in [0, 0.05) is 18.3 Å². The van der Waals surface area contributed by atoms with Crippen molar-refractivity contribution in [3.05, 3.63) is 29.3 Å². The van der Waals surface area contributed by atoms with Crippen molar-refractivity contribution in [1.29, 1.82) is 0 Å². The summed E-state index contributed by atoms with van der Waals surface area (Å²) in [7, 11) is 0. The van der Waals surface area contributed by atoms with Gasteiger partial charge in [0.15, 0.2) is 0 Å². The van der Waals surface area contributed by atoms with E-state index in [-0.39, 0.29) is 5.91 Å².